The molecule has 0 bridgehead atoms. The van der Waals surface area contributed by atoms with Crippen molar-refractivity contribution in [1.29, 1.82) is 0 Å². The second-order valence-corrected chi connectivity index (χ2v) is 8.33. The summed E-state index contributed by atoms with van der Waals surface area (Å²) in [5.74, 6) is -0.627. The van der Waals surface area contributed by atoms with Crippen molar-refractivity contribution in [1.82, 2.24) is 20.9 Å². The van der Waals surface area contributed by atoms with Crippen LogP contribution in [0.4, 0.5) is 4.79 Å². The molecule has 2 saturated heterocycles. The summed E-state index contributed by atoms with van der Waals surface area (Å²) in [5.41, 5.74) is -0.245. The number of nitrogens with zero attached hydrogens (tertiary/aromatic N) is 1. The highest BCUT2D eigenvalue weighted by Gasteiger charge is 2.56. The Morgan fingerprint density at radius 2 is 1.89 bits per heavy atom. The van der Waals surface area contributed by atoms with Crippen molar-refractivity contribution in [3.63, 3.8) is 0 Å². The minimum atomic E-state index is -1.07. The maximum Gasteiger partial charge on any atom is 0.325 e. The minimum Gasteiger partial charge on any atom is -0.352 e. The van der Waals surface area contributed by atoms with Gasteiger partial charge in [0.15, 0.2) is 0 Å². The Morgan fingerprint density at radius 1 is 1.18 bits per heavy atom. The van der Waals surface area contributed by atoms with Gasteiger partial charge >= 0.3 is 6.03 Å². The molecule has 3 N–H and O–H groups in total. The molecule has 2 aliphatic heterocycles. The summed E-state index contributed by atoms with van der Waals surface area (Å²) in [7, 11) is 0. The molecular weight excluding hydrogens is 380 g/mol. The van der Waals surface area contributed by atoms with E-state index < -0.39 is 11.6 Å². The molecule has 3 aliphatic rings. The third-order valence-corrected chi connectivity index (χ3v) is 6.28. The van der Waals surface area contributed by atoms with Crippen molar-refractivity contribution >= 4 is 29.4 Å². The fourth-order valence-electron chi connectivity index (χ4n) is 4.23. The zero-order valence-electron chi connectivity index (χ0n) is 15.7. The smallest absolute Gasteiger partial charge is 0.325 e. The number of hydrogen-bond acceptors (Lipinski definition) is 4. The molecular formula is C20H25ClN4O3. The van der Waals surface area contributed by atoms with E-state index in [2.05, 4.69) is 16.0 Å². The third kappa shape index (κ3) is 3.73. The van der Waals surface area contributed by atoms with Crippen LogP contribution < -0.4 is 16.0 Å². The molecule has 7 nitrogen and oxygen atoms in total. The average molecular weight is 405 g/mol. The standard InChI is InChI=1S/C20H25ClN4O3/c21-16-4-2-1-3-13(16)11-20(14-7-9-22-10-8-14)18(27)25(19(28)24-20)12-17(26)23-15-5-6-15/h1-4,14-15,22H,5-12H2,(H,23,26)(H,24,28). The van der Waals surface area contributed by atoms with E-state index >= 15 is 0 Å². The first kappa shape index (κ1) is 19.2. The second-order valence-electron chi connectivity index (χ2n) is 7.93. The molecule has 1 saturated carbocycles. The lowest BCUT2D eigenvalue weighted by Gasteiger charge is -2.38. The zero-order valence-corrected chi connectivity index (χ0v) is 16.4. The van der Waals surface area contributed by atoms with Gasteiger partial charge in [0, 0.05) is 17.5 Å². The van der Waals surface area contributed by atoms with Crippen LogP contribution in [0.15, 0.2) is 24.3 Å². The lowest BCUT2D eigenvalue weighted by atomic mass is 9.74. The Bertz CT molecular complexity index is 791. The van der Waals surface area contributed by atoms with Gasteiger partial charge in [0.1, 0.15) is 12.1 Å². The minimum absolute atomic E-state index is 0.0158. The third-order valence-electron chi connectivity index (χ3n) is 5.91. The quantitative estimate of drug-likeness (QED) is 0.626. The molecule has 1 aliphatic carbocycles. The van der Waals surface area contributed by atoms with Crippen LogP contribution in [-0.4, -0.2) is 54.0 Å². The van der Waals surface area contributed by atoms with Gasteiger partial charge in [0.05, 0.1) is 0 Å². The Labute approximate surface area is 169 Å². The largest absolute Gasteiger partial charge is 0.352 e. The molecule has 1 aromatic rings. The van der Waals surface area contributed by atoms with Crippen LogP contribution in [-0.2, 0) is 16.0 Å². The Balaban J connectivity index is 1.61. The van der Waals surface area contributed by atoms with Gasteiger partial charge in [-0.05, 0) is 56.3 Å². The SMILES string of the molecule is O=C(CN1C(=O)NC(Cc2ccccc2Cl)(C2CCNCC2)C1=O)NC1CC1. The molecule has 4 amide bonds. The van der Waals surface area contributed by atoms with E-state index in [1.807, 2.05) is 18.2 Å². The first-order valence-electron chi connectivity index (χ1n) is 9.87. The van der Waals surface area contributed by atoms with E-state index in [1.165, 1.54) is 0 Å². The van der Waals surface area contributed by atoms with E-state index in [-0.39, 0.29) is 30.3 Å². The zero-order chi connectivity index (χ0) is 19.7. The van der Waals surface area contributed by atoms with Crippen LogP contribution in [0, 0.1) is 5.92 Å². The number of hydrogen-bond donors (Lipinski definition) is 3. The van der Waals surface area contributed by atoms with Gasteiger partial charge in [-0.15, -0.1) is 0 Å². The van der Waals surface area contributed by atoms with E-state index in [0.717, 1.165) is 49.2 Å². The summed E-state index contributed by atoms with van der Waals surface area (Å²) in [4.78, 5) is 39.5. The van der Waals surface area contributed by atoms with Gasteiger partial charge in [-0.2, -0.15) is 0 Å². The Hall–Kier alpha value is -2.12. The van der Waals surface area contributed by atoms with Crippen LogP contribution in [0.1, 0.15) is 31.2 Å². The van der Waals surface area contributed by atoms with Gasteiger partial charge in [-0.1, -0.05) is 29.8 Å². The lowest BCUT2D eigenvalue weighted by Crippen LogP contribution is -2.57. The monoisotopic (exact) mass is 404 g/mol. The lowest BCUT2D eigenvalue weighted by molar-refractivity contribution is -0.136. The maximum atomic E-state index is 13.5. The molecule has 1 atom stereocenters. The normalized spacial score (nSPS) is 25.7. The van der Waals surface area contributed by atoms with Crippen molar-refractivity contribution in [2.24, 2.45) is 5.92 Å². The van der Waals surface area contributed by atoms with Gasteiger partial charge in [-0.3, -0.25) is 14.5 Å². The predicted octanol–water partition coefficient (Wildman–Crippen LogP) is 1.45. The van der Waals surface area contributed by atoms with E-state index in [9.17, 15) is 14.4 Å². The molecule has 8 heteroatoms. The van der Waals surface area contributed by atoms with Crippen LogP contribution in [0.3, 0.4) is 0 Å². The van der Waals surface area contributed by atoms with Crippen molar-refractivity contribution in [3.05, 3.63) is 34.9 Å². The van der Waals surface area contributed by atoms with Gasteiger partial charge < -0.3 is 16.0 Å². The number of carbonyl (C=O) groups excluding carboxylic acids is 3. The van der Waals surface area contributed by atoms with Gasteiger partial charge in [-0.25, -0.2) is 4.79 Å². The topological polar surface area (TPSA) is 90.5 Å². The summed E-state index contributed by atoms with van der Waals surface area (Å²) in [5, 5.41) is 9.67. The molecule has 1 unspecified atom stereocenters. The summed E-state index contributed by atoms with van der Waals surface area (Å²) >= 11 is 6.36. The molecule has 0 aromatic heterocycles. The van der Waals surface area contributed by atoms with Crippen molar-refractivity contribution < 1.29 is 14.4 Å². The number of carbonyl (C=O) groups is 3. The molecule has 0 radical (unpaired) electrons. The van der Waals surface area contributed by atoms with E-state index in [1.54, 1.807) is 6.07 Å². The maximum absolute atomic E-state index is 13.5. The number of nitrogens with one attached hydrogen (secondary N) is 3. The Kier molecular flexibility index (Phi) is 5.29. The van der Waals surface area contributed by atoms with Gasteiger partial charge in [0.25, 0.3) is 5.91 Å². The summed E-state index contributed by atoms with van der Waals surface area (Å²) in [6, 6.07) is 7.07. The van der Waals surface area contributed by atoms with Crippen LogP contribution in [0.25, 0.3) is 0 Å². The van der Waals surface area contributed by atoms with E-state index in [0.29, 0.717) is 11.4 Å². The first-order chi connectivity index (χ1) is 13.5. The number of halogens is 1. The highest BCUT2D eigenvalue weighted by molar-refractivity contribution is 6.31. The average Bonchev–Trinajstić information content (AvgIpc) is 3.47. The number of urea groups is 1. The van der Waals surface area contributed by atoms with Crippen LogP contribution in [0.2, 0.25) is 5.02 Å². The number of imide groups is 1. The number of rotatable bonds is 6. The molecule has 0 spiro atoms. The summed E-state index contributed by atoms with van der Waals surface area (Å²) in [6.07, 6.45) is 3.79. The molecule has 150 valence electrons. The highest BCUT2D eigenvalue weighted by Crippen LogP contribution is 2.36. The Morgan fingerprint density at radius 3 is 2.57 bits per heavy atom. The van der Waals surface area contributed by atoms with Gasteiger partial charge in [0.2, 0.25) is 5.91 Å². The molecule has 4 rings (SSSR count). The van der Waals surface area contributed by atoms with Crippen molar-refractivity contribution in [2.75, 3.05) is 19.6 Å². The number of amides is 4. The molecule has 1 aromatic carbocycles. The summed E-state index contributed by atoms with van der Waals surface area (Å²) < 4.78 is 0. The van der Waals surface area contributed by atoms with Crippen LogP contribution in [0.5, 0.6) is 0 Å². The van der Waals surface area contributed by atoms with Crippen molar-refractivity contribution in [2.45, 2.75) is 43.7 Å². The first-order valence-corrected chi connectivity index (χ1v) is 10.2. The van der Waals surface area contributed by atoms with Crippen molar-refractivity contribution in [3.8, 4) is 0 Å². The van der Waals surface area contributed by atoms with Crippen LogP contribution >= 0.6 is 11.6 Å². The summed E-state index contributed by atoms with van der Waals surface area (Å²) in [6.45, 7) is 1.34. The molecule has 2 heterocycles. The predicted molar refractivity (Wildman–Crippen MR) is 105 cm³/mol. The van der Waals surface area contributed by atoms with E-state index in [4.69, 9.17) is 11.6 Å². The molecule has 3 fully saturated rings. The number of piperidine rings is 1. The molecule has 28 heavy (non-hydrogen) atoms. The second kappa shape index (κ2) is 7.72. The highest BCUT2D eigenvalue weighted by atomic mass is 35.5. The fraction of sp³-hybridized carbons (Fsp3) is 0.550. The fourth-order valence-corrected chi connectivity index (χ4v) is 4.43. The number of benzene rings is 1.